The number of benzene rings is 3. The fourth-order valence-corrected chi connectivity index (χ4v) is 2.90. The number of carbonyl (C=O) groups is 1. The molecule has 4 rings (SSSR count). The maximum absolute atomic E-state index is 12.0. The number of nitrogens with one attached hydrogen (secondary N) is 2. The summed E-state index contributed by atoms with van der Waals surface area (Å²) in [6.45, 7) is 0.709. The lowest BCUT2D eigenvalue weighted by atomic mass is 10.2. The summed E-state index contributed by atoms with van der Waals surface area (Å²) in [5, 5.41) is 2.82. The molecule has 6 nitrogen and oxygen atoms in total. The van der Waals surface area contributed by atoms with Crippen molar-refractivity contribution < 1.29 is 14.3 Å². The number of hydrogen-bond acceptors (Lipinski definition) is 4. The largest absolute Gasteiger partial charge is 0.491 e. The number of carbonyl (C=O) groups excluding carboxylic acids is 1. The minimum Gasteiger partial charge on any atom is -0.491 e. The molecule has 0 unspecified atom stereocenters. The van der Waals surface area contributed by atoms with Crippen LogP contribution in [0.15, 0.2) is 78.9 Å². The van der Waals surface area contributed by atoms with Gasteiger partial charge in [0.25, 0.3) is 0 Å². The van der Waals surface area contributed by atoms with Gasteiger partial charge in [-0.25, -0.2) is 4.98 Å². The first-order valence-corrected chi connectivity index (χ1v) is 9.38. The second-order valence-corrected chi connectivity index (χ2v) is 6.44. The van der Waals surface area contributed by atoms with Crippen LogP contribution in [0, 0.1) is 0 Å². The normalized spacial score (nSPS) is 10.8. The Morgan fingerprint density at radius 3 is 2.45 bits per heavy atom. The van der Waals surface area contributed by atoms with E-state index in [0.717, 1.165) is 28.2 Å². The molecule has 0 aliphatic heterocycles. The van der Waals surface area contributed by atoms with Crippen LogP contribution in [0.25, 0.3) is 22.4 Å². The number of hydrogen-bond donors (Lipinski definition) is 2. The van der Waals surface area contributed by atoms with E-state index >= 15 is 0 Å². The van der Waals surface area contributed by atoms with Gasteiger partial charge in [-0.15, -0.1) is 0 Å². The summed E-state index contributed by atoms with van der Waals surface area (Å²) in [6, 6.07) is 24.9. The molecule has 3 aromatic carbocycles. The molecule has 0 fully saturated rings. The number of aromatic amines is 1. The first-order chi connectivity index (χ1) is 14.3. The van der Waals surface area contributed by atoms with Gasteiger partial charge in [0.05, 0.1) is 17.6 Å². The number of amides is 1. The van der Waals surface area contributed by atoms with E-state index in [1.807, 2.05) is 78.9 Å². The second-order valence-electron chi connectivity index (χ2n) is 6.44. The number of aromatic nitrogens is 2. The quantitative estimate of drug-likeness (QED) is 0.443. The zero-order valence-electron chi connectivity index (χ0n) is 15.8. The van der Waals surface area contributed by atoms with Crippen LogP contribution in [0.1, 0.15) is 0 Å². The van der Waals surface area contributed by atoms with Gasteiger partial charge in [-0.1, -0.05) is 30.3 Å². The number of nitrogens with zero attached hydrogens (tertiary/aromatic N) is 1. The highest BCUT2D eigenvalue weighted by atomic mass is 16.5. The van der Waals surface area contributed by atoms with Crippen LogP contribution >= 0.6 is 0 Å². The maximum Gasteiger partial charge on any atom is 0.250 e. The van der Waals surface area contributed by atoms with E-state index in [4.69, 9.17) is 9.47 Å². The van der Waals surface area contributed by atoms with Crippen molar-refractivity contribution in [2.45, 2.75) is 0 Å². The molecule has 0 bridgehead atoms. The number of fused-ring (bicyclic) bond motifs is 1. The van der Waals surface area contributed by atoms with E-state index in [0.29, 0.717) is 18.9 Å². The first-order valence-electron chi connectivity index (χ1n) is 9.38. The van der Waals surface area contributed by atoms with E-state index < -0.39 is 0 Å². The van der Waals surface area contributed by atoms with E-state index in [-0.39, 0.29) is 12.5 Å². The van der Waals surface area contributed by atoms with E-state index in [1.54, 1.807) is 0 Å². The molecule has 2 N–H and O–H groups in total. The van der Waals surface area contributed by atoms with Crippen molar-refractivity contribution in [1.82, 2.24) is 9.97 Å². The Morgan fingerprint density at radius 1 is 0.897 bits per heavy atom. The number of para-hydroxylation sites is 3. The highest BCUT2D eigenvalue weighted by molar-refractivity contribution is 5.92. The summed E-state index contributed by atoms with van der Waals surface area (Å²) in [5.74, 6) is 1.37. The molecule has 146 valence electrons. The van der Waals surface area contributed by atoms with Crippen molar-refractivity contribution in [3.05, 3.63) is 78.9 Å². The molecular weight excluding hydrogens is 366 g/mol. The molecule has 0 aliphatic rings. The molecule has 0 saturated carbocycles. The number of ether oxygens (including phenoxy) is 2. The number of imidazole rings is 1. The molecule has 1 amide bonds. The minimum absolute atomic E-state index is 0.0243. The number of rotatable bonds is 8. The van der Waals surface area contributed by atoms with Crippen molar-refractivity contribution in [1.29, 1.82) is 0 Å². The van der Waals surface area contributed by atoms with E-state index in [2.05, 4.69) is 15.3 Å². The Bertz CT molecular complexity index is 1040. The molecule has 0 saturated heterocycles. The molecular formula is C23H21N3O3. The third-order valence-corrected chi connectivity index (χ3v) is 4.30. The highest BCUT2D eigenvalue weighted by Gasteiger charge is 2.06. The lowest BCUT2D eigenvalue weighted by Crippen LogP contribution is -2.20. The van der Waals surface area contributed by atoms with Crippen LogP contribution in [0.4, 0.5) is 5.69 Å². The molecule has 0 spiro atoms. The Labute approximate surface area is 168 Å². The van der Waals surface area contributed by atoms with E-state index in [9.17, 15) is 4.79 Å². The van der Waals surface area contributed by atoms with Crippen LogP contribution < -0.4 is 10.1 Å². The average molecular weight is 387 g/mol. The summed E-state index contributed by atoms with van der Waals surface area (Å²) < 4.78 is 10.9. The zero-order chi connectivity index (χ0) is 19.9. The van der Waals surface area contributed by atoms with Crippen LogP contribution in [0.2, 0.25) is 0 Å². The predicted octanol–water partition coefficient (Wildman–Crippen LogP) is 4.26. The third-order valence-electron chi connectivity index (χ3n) is 4.30. The van der Waals surface area contributed by atoms with Gasteiger partial charge in [-0.2, -0.15) is 0 Å². The van der Waals surface area contributed by atoms with Crippen molar-refractivity contribution >= 4 is 22.6 Å². The summed E-state index contributed by atoms with van der Waals surface area (Å²) in [5.41, 5.74) is 3.58. The molecule has 1 heterocycles. The number of anilines is 1. The Balaban J connectivity index is 1.23. The van der Waals surface area contributed by atoms with Gasteiger partial charge in [0.15, 0.2) is 0 Å². The molecule has 6 heteroatoms. The fourth-order valence-electron chi connectivity index (χ4n) is 2.90. The minimum atomic E-state index is -0.207. The standard InChI is InChI=1S/C23H21N3O3/c27-22(16-28-14-15-29-19-6-2-1-3-7-19)24-18-12-10-17(11-13-18)23-25-20-8-4-5-9-21(20)26-23/h1-13H,14-16H2,(H,24,27)(H,25,26). The van der Waals surface area contributed by atoms with Crippen LogP contribution in [-0.4, -0.2) is 35.7 Å². The molecule has 0 aliphatic carbocycles. The maximum atomic E-state index is 12.0. The van der Waals surface area contributed by atoms with Crippen molar-refractivity contribution in [2.24, 2.45) is 0 Å². The van der Waals surface area contributed by atoms with Gasteiger partial charge < -0.3 is 19.8 Å². The summed E-state index contributed by atoms with van der Waals surface area (Å²) in [4.78, 5) is 19.9. The predicted molar refractivity (Wildman–Crippen MR) is 113 cm³/mol. The monoisotopic (exact) mass is 387 g/mol. The summed E-state index contributed by atoms with van der Waals surface area (Å²) in [7, 11) is 0. The fraction of sp³-hybridized carbons (Fsp3) is 0.130. The Morgan fingerprint density at radius 2 is 1.66 bits per heavy atom. The molecule has 29 heavy (non-hydrogen) atoms. The van der Waals surface area contributed by atoms with Crippen LogP contribution in [0.3, 0.4) is 0 Å². The zero-order valence-corrected chi connectivity index (χ0v) is 15.8. The van der Waals surface area contributed by atoms with Crippen LogP contribution in [-0.2, 0) is 9.53 Å². The van der Waals surface area contributed by atoms with Gasteiger partial charge >= 0.3 is 0 Å². The van der Waals surface area contributed by atoms with Crippen LogP contribution in [0.5, 0.6) is 5.75 Å². The van der Waals surface area contributed by atoms with Gasteiger partial charge in [-0.3, -0.25) is 4.79 Å². The SMILES string of the molecule is O=C(COCCOc1ccccc1)Nc1ccc(-c2nc3ccccc3[nH]2)cc1. The lowest BCUT2D eigenvalue weighted by Gasteiger charge is -2.08. The highest BCUT2D eigenvalue weighted by Crippen LogP contribution is 2.22. The smallest absolute Gasteiger partial charge is 0.250 e. The average Bonchev–Trinajstić information content (AvgIpc) is 3.19. The van der Waals surface area contributed by atoms with E-state index in [1.165, 1.54) is 0 Å². The molecule has 0 atom stereocenters. The summed E-state index contributed by atoms with van der Waals surface area (Å²) >= 11 is 0. The third kappa shape index (κ3) is 5.00. The van der Waals surface area contributed by atoms with Gasteiger partial charge in [0.1, 0.15) is 24.8 Å². The molecule has 4 aromatic rings. The first kappa shape index (κ1) is 18.7. The van der Waals surface area contributed by atoms with Crippen molar-refractivity contribution in [3.63, 3.8) is 0 Å². The Hall–Kier alpha value is -3.64. The molecule has 1 aromatic heterocycles. The van der Waals surface area contributed by atoms with Crippen molar-refractivity contribution in [3.8, 4) is 17.1 Å². The number of H-pyrrole nitrogens is 1. The Kier molecular flexibility index (Phi) is 5.83. The van der Waals surface area contributed by atoms with Gasteiger partial charge in [0, 0.05) is 11.3 Å². The summed E-state index contributed by atoms with van der Waals surface area (Å²) in [6.07, 6.45) is 0. The second kappa shape index (κ2) is 9.03. The molecule has 0 radical (unpaired) electrons. The van der Waals surface area contributed by atoms with Gasteiger partial charge in [0.2, 0.25) is 5.91 Å². The van der Waals surface area contributed by atoms with Crippen molar-refractivity contribution in [2.75, 3.05) is 25.1 Å². The van der Waals surface area contributed by atoms with Gasteiger partial charge in [-0.05, 0) is 48.5 Å². The topological polar surface area (TPSA) is 76.2 Å². The lowest BCUT2D eigenvalue weighted by molar-refractivity contribution is -0.120.